The van der Waals surface area contributed by atoms with E-state index in [9.17, 15) is 0 Å². The lowest BCUT2D eigenvalue weighted by atomic mass is 10.2. The van der Waals surface area contributed by atoms with Crippen LogP contribution in [0.1, 0.15) is 23.4 Å². The Balaban J connectivity index is 1.47. The van der Waals surface area contributed by atoms with Gasteiger partial charge in [0.2, 0.25) is 0 Å². The van der Waals surface area contributed by atoms with Crippen molar-refractivity contribution >= 4 is 23.4 Å². The van der Waals surface area contributed by atoms with Gasteiger partial charge < -0.3 is 14.2 Å². The maximum atomic E-state index is 6.42. The summed E-state index contributed by atoms with van der Waals surface area (Å²) < 4.78 is 19.4. The molecular formula is C23H24ClN3O3S. The van der Waals surface area contributed by atoms with Gasteiger partial charge in [-0.05, 0) is 42.3 Å². The lowest BCUT2D eigenvalue weighted by Crippen LogP contribution is -2.07. The number of rotatable bonds is 8. The predicted molar refractivity (Wildman–Crippen MR) is 122 cm³/mol. The van der Waals surface area contributed by atoms with Crippen LogP contribution >= 0.6 is 23.4 Å². The highest BCUT2D eigenvalue weighted by Crippen LogP contribution is 2.39. The molecule has 162 valence electrons. The van der Waals surface area contributed by atoms with Crippen molar-refractivity contribution in [1.82, 2.24) is 14.8 Å². The lowest BCUT2D eigenvalue weighted by molar-refractivity contribution is 0.289. The lowest BCUT2D eigenvalue weighted by Gasteiger charge is -2.12. The molecule has 2 aromatic carbocycles. The number of benzene rings is 2. The van der Waals surface area contributed by atoms with Crippen LogP contribution in [0.25, 0.3) is 0 Å². The van der Waals surface area contributed by atoms with Crippen LogP contribution in [0.3, 0.4) is 0 Å². The van der Waals surface area contributed by atoms with Gasteiger partial charge in [-0.1, -0.05) is 41.6 Å². The molecule has 0 saturated heterocycles. The van der Waals surface area contributed by atoms with E-state index in [1.54, 1.807) is 11.8 Å². The fraction of sp³-hybridized carbons (Fsp3) is 0.304. The molecule has 0 N–H and O–H groups in total. The van der Waals surface area contributed by atoms with Crippen LogP contribution in [-0.2, 0) is 18.9 Å². The smallest absolute Gasteiger partial charge is 0.191 e. The average Bonchev–Trinajstić information content (AvgIpc) is 2.97. The van der Waals surface area contributed by atoms with Crippen molar-refractivity contribution in [3.05, 3.63) is 71.0 Å². The van der Waals surface area contributed by atoms with Gasteiger partial charge in [0.1, 0.15) is 12.4 Å². The summed E-state index contributed by atoms with van der Waals surface area (Å²) in [4.78, 5) is 0. The van der Waals surface area contributed by atoms with Crippen molar-refractivity contribution in [2.75, 3.05) is 13.2 Å². The molecule has 0 aliphatic carbocycles. The first kappa shape index (κ1) is 21.6. The number of thioether (sulfide) groups is 1. The SMILES string of the molecule is C=CCn1c(COc2cccc(C)c2)nnc1SCc1cc(Cl)c2c(c1)OCCCO2. The maximum Gasteiger partial charge on any atom is 0.191 e. The standard InChI is InChI=1S/C23H24ClN3O3S/c1-3-8-27-21(14-30-18-7-4-6-16(2)11-18)25-26-23(27)31-15-17-12-19(24)22-20(13-17)28-9-5-10-29-22/h3-4,6-7,11-13H,1,5,8-10,14-15H2,2H3. The van der Waals surface area contributed by atoms with Gasteiger partial charge in [-0.3, -0.25) is 4.57 Å². The monoisotopic (exact) mass is 457 g/mol. The molecular weight excluding hydrogens is 434 g/mol. The third-order valence-corrected chi connectivity index (χ3v) is 6.01. The number of aromatic nitrogens is 3. The minimum absolute atomic E-state index is 0.334. The van der Waals surface area contributed by atoms with Gasteiger partial charge in [-0.2, -0.15) is 0 Å². The number of aryl methyl sites for hydroxylation is 1. The van der Waals surface area contributed by atoms with Crippen LogP contribution in [-0.4, -0.2) is 28.0 Å². The molecule has 6 nitrogen and oxygen atoms in total. The third-order valence-electron chi connectivity index (χ3n) is 4.69. The number of allylic oxidation sites excluding steroid dienone is 1. The number of hydrogen-bond acceptors (Lipinski definition) is 6. The van der Waals surface area contributed by atoms with Gasteiger partial charge in [0, 0.05) is 18.7 Å². The minimum atomic E-state index is 0.334. The average molecular weight is 458 g/mol. The van der Waals surface area contributed by atoms with Crippen LogP contribution < -0.4 is 14.2 Å². The van der Waals surface area contributed by atoms with Gasteiger partial charge >= 0.3 is 0 Å². The van der Waals surface area contributed by atoms with Gasteiger partial charge in [0.25, 0.3) is 0 Å². The van der Waals surface area contributed by atoms with E-state index in [4.69, 9.17) is 25.8 Å². The van der Waals surface area contributed by atoms with Crippen molar-refractivity contribution in [3.8, 4) is 17.2 Å². The number of nitrogens with zero attached hydrogens (tertiary/aromatic N) is 3. The van der Waals surface area contributed by atoms with Gasteiger partial charge in [0.05, 0.1) is 18.2 Å². The summed E-state index contributed by atoms with van der Waals surface area (Å²) in [5.74, 6) is 3.55. The molecule has 0 unspecified atom stereocenters. The summed E-state index contributed by atoms with van der Waals surface area (Å²) in [6.45, 7) is 8.06. The van der Waals surface area contributed by atoms with E-state index < -0.39 is 0 Å². The zero-order valence-corrected chi connectivity index (χ0v) is 18.9. The van der Waals surface area contributed by atoms with Crippen LogP contribution in [0.5, 0.6) is 17.2 Å². The highest BCUT2D eigenvalue weighted by molar-refractivity contribution is 7.98. The second-order valence-corrected chi connectivity index (χ2v) is 8.50. The summed E-state index contributed by atoms with van der Waals surface area (Å²) in [5, 5.41) is 10.1. The Morgan fingerprint density at radius 3 is 2.94 bits per heavy atom. The first-order valence-electron chi connectivity index (χ1n) is 10.1. The van der Waals surface area contributed by atoms with Crippen molar-refractivity contribution in [1.29, 1.82) is 0 Å². The molecule has 2 heterocycles. The Bertz CT molecular complexity index is 1070. The topological polar surface area (TPSA) is 58.4 Å². The summed E-state index contributed by atoms with van der Waals surface area (Å²) >= 11 is 8.00. The number of fused-ring (bicyclic) bond motifs is 1. The van der Waals surface area contributed by atoms with E-state index in [0.717, 1.165) is 34.3 Å². The number of hydrogen-bond donors (Lipinski definition) is 0. The van der Waals surface area contributed by atoms with Crippen molar-refractivity contribution in [2.45, 2.75) is 37.4 Å². The second-order valence-electron chi connectivity index (χ2n) is 7.15. The Hall–Kier alpha value is -2.64. The summed E-state index contributed by atoms with van der Waals surface area (Å²) in [7, 11) is 0. The van der Waals surface area contributed by atoms with E-state index in [0.29, 0.717) is 48.6 Å². The minimum Gasteiger partial charge on any atom is -0.489 e. The molecule has 1 aliphatic heterocycles. The van der Waals surface area contributed by atoms with Crippen molar-refractivity contribution < 1.29 is 14.2 Å². The van der Waals surface area contributed by atoms with Crippen molar-refractivity contribution in [3.63, 3.8) is 0 Å². The normalized spacial score (nSPS) is 13.0. The van der Waals surface area contributed by atoms with E-state index in [2.05, 4.69) is 16.8 Å². The van der Waals surface area contributed by atoms with Crippen LogP contribution in [0.2, 0.25) is 5.02 Å². The molecule has 4 rings (SSSR count). The van der Waals surface area contributed by atoms with Crippen LogP contribution in [0.15, 0.2) is 54.2 Å². The van der Waals surface area contributed by atoms with Crippen LogP contribution in [0, 0.1) is 6.92 Å². The Labute approximate surface area is 191 Å². The molecule has 0 radical (unpaired) electrons. The molecule has 0 atom stereocenters. The molecule has 31 heavy (non-hydrogen) atoms. The van der Waals surface area contributed by atoms with E-state index in [1.165, 1.54) is 0 Å². The molecule has 3 aromatic rings. The van der Waals surface area contributed by atoms with E-state index >= 15 is 0 Å². The molecule has 8 heteroatoms. The fourth-order valence-electron chi connectivity index (χ4n) is 3.21. The molecule has 0 bridgehead atoms. The maximum absolute atomic E-state index is 6.42. The Kier molecular flexibility index (Phi) is 7.04. The van der Waals surface area contributed by atoms with Gasteiger partial charge in [-0.25, -0.2) is 0 Å². The second kappa shape index (κ2) is 10.1. The summed E-state index contributed by atoms with van der Waals surface area (Å²) in [6, 6.07) is 11.8. The first-order chi connectivity index (χ1) is 15.1. The van der Waals surface area contributed by atoms with E-state index in [-0.39, 0.29) is 0 Å². The Morgan fingerprint density at radius 1 is 1.23 bits per heavy atom. The first-order valence-corrected chi connectivity index (χ1v) is 11.4. The molecule has 0 saturated carbocycles. The summed E-state index contributed by atoms with van der Waals surface area (Å²) in [5.41, 5.74) is 2.18. The number of halogens is 1. The van der Waals surface area contributed by atoms with Gasteiger partial charge in [0.15, 0.2) is 22.5 Å². The molecule has 0 fully saturated rings. The highest BCUT2D eigenvalue weighted by Gasteiger charge is 2.17. The molecule has 0 spiro atoms. The van der Waals surface area contributed by atoms with Crippen molar-refractivity contribution in [2.24, 2.45) is 0 Å². The Morgan fingerprint density at radius 2 is 2.10 bits per heavy atom. The number of ether oxygens (including phenoxy) is 3. The zero-order valence-electron chi connectivity index (χ0n) is 17.3. The van der Waals surface area contributed by atoms with E-state index in [1.807, 2.05) is 54.0 Å². The summed E-state index contributed by atoms with van der Waals surface area (Å²) in [6.07, 6.45) is 2.67. The highest BCUT2D eigenvalue weighted by atomic mass is 35.5. The third kappa shape index (κ3) is 5.35. The molecule has 1 aromatic heterocycles. The molecule has 1 aliphatic rings. The van der Waals surface area contributed by atoms with Crippen LogP contribution in [0.4, 0.5) is 0 Å². The quantitative estimate of drug-likeness (QED) is 0.330. The predicted octanol–water partition coefficient (Wildman–Crippen LogP) is 5.46. The largest absolute Gasteiger partial charge is 0.489 e. The fourth-order valence-corrected chi connectivity index (χ4v) is 4.40. The van der Waals surface area contributed by atoms with Gasteiger partial charge in [-0.15, -0.1) is 16.8 Å². The molecule has 0 amide bonds. The zero-order chi connectivity index (χ0) is 21.6.